The van der Waals surface area contributed by atoms with E-state index in [4.69, 9.17) is 18.9 Å². The van der Waals surface area contributed by atoms with Crippen LogP contribution in [0.1, 0.15) is 56.3 Å². The number of rotatable bonds is 9. The molecule has 6 rings (SSSR count). The van der Waals surface area contributed by atoms with Gasteiger partial charge in [-0.2, -0.15) is 0 Å². The summed E-state index contributed by atoms with van der Waals surface area (Å²) in [7, 11) is 3.57. The fourth-order valence-corrected chi connectivity index (χ4v) is 7.62. The van der Waals surface area contributed by atoms with Crippen LogP contribution in [0.25, 0.3) is 0 Å². The van der Waals surface area contributed by atoms with Gasteiger partial charge in [0.25, 0.3) is 0 Å². The monoisotopic (exact) mass is 633 g/mol. The Labute approximate surface area is 267 Å². The summed E-state index contributed by atoms with van der Waals surface area (Å²) >= 11 is 0. The maximum atomic E-state index is 13.3. The van der Waals surface area contributed by atoms with E-state index in [1.165, 1.54) is 20.8 Å². The van der Waals surface area contributed by atoms with Crippen molar-refractivity contribution in [2.75, 3.05) is 20.7 Å². The molecule has 1 fully saturated rings. The third-order valence-corrected chi connectivity index (χ3v) is 9.86. The van der Waals surface area contributed by atoms with Gasteiger partial charge in [-0.3, -0.25) is 9.59 Å². The van der Waals surface area contributed by atoms with E-state index in [1.807, 2.05) is 19.2 Å². The lowest BCUT2D eigenvalue weighted by molar-refractivity contribution is -0.176. The van der Waals surface area contributed by atoms with Gasteiger partial charge in [-0.15, -0.1) is 0 Å². The molecule has 1 saturated heterocycles. The van der Waals surface area contributed by atoms with Crippen molar-refractivity contribution in [2.45, 2.75) is 81.4 Å². The zero-order valence-electron chi connectivity index (χ0n) is 26.5. The number of carbonyl (C=O) groups excluding carboxylic acids is 4. The first-order chi connectivity index (χ1) is 21.9. The topological polar surface area (TPSA) is 153 Å². The number of hydrogen-bond donors (Lipinski definition) is 3. The minimum absolute atomic E-state index is 0.156. The number of amides is 2. The Balaban J connectivity index is 1.16. The normalized spacial score (nSPS) is 27.5. The van der Waals surface area contributed by atoms with Gasteiger partial charge in [0.1, 0.15) is 17.8 Å². The number of hydrogen-bond acceptors (Lipinski definition) is 10. The molecule has 2 bridgehead atoms. The van der Waals surface area contributed by atoms with Gasteiger partial charge in [0, 0.05) is 24.9 Å². The molecule has 3 N–H and O–H groups in total. The van der Waals surface area contributed by atoms with E-state index in [1.54, 1.807) is 43.5 Å². The SMILES string of the molecule is COc1ccc2c3c1OC1C(OC(=O)C(C)OC(=O)C(C)NC(=O)C(NC(C)=O)c4ccccc4)=CCC4(O)C(C2)N(C)CCC314. The van der Waals surface area contributed by atoms with Gasteiger partial charge in [0.2, 0.25) is 11.8 Å². The van der Waals surface area contributed by atoms with Crippen molar-refractivity contribution in [3.05, 3.63) is 71.0 Å². The number of nitrogens with one attached hydrogen (secondary N) is 2. The summed E-state index contributed by atoms with van der Waals surface area (Å²) in [5.74, 6) is -1.38. The van der Waals surface area contributed by atoms with E-state index in [-0.39, 0.29) is 18.2 Å². The van der Waals surface area contributed by atoms with Gasteiger partial charge in [-0.25, -0.2) is 9.59 Å². The van der Waals surface area contributed by atoms with Crippen molar-refractivity contribution in [3.63, 3.8) is 0 Å². The summed E-state index contributed by atoms with van der Waals surface area (Å²) in [6, 6.07) is 10.2. The lowest BCUT2D eigenvalue weighted by Gasteiger charge is -2.61. The predicted octanol–water partition coefficient (Wildman–Crippen LogP) is 1.83. The molecule has 7 unspecified atom stereocenters. The standard InChI is InChI=1S/C34H39N3O9/c1-18(35-30(39)27(36-20(3)38)21-9-7-6-8-10-21)31(40)44-19(2)32(41)45-24-13-14-34(42)25-17-22-11-12-23(43-5)28-26(22)33(34,29(24)46-28)15-16-37(25)4/h6-13,18-19,25,27,29,42H,14-17H2,1-5H3,(H,35,39)(H,36,38). The van der Waals surface area contributed by atoms with E-state index in [0.29, 0.717) is 29.9 Å². The van der Waals surface area contributed by atoms with Gasteiger partial charge in [0.15, 0.2) is 23.7 Å². The fourth-order valence-electron chi connectivity index (χ4n) is 7.62. The first kappa shape index (κ1) is 31.6. The fraction of sp³-hybridized carbons (Fsp3) is 0.471. The summed E-state index contributed by atoms with van der Waals surface area (Å²) < 4.78 is 23.4. The molecule has 12 nitrogen and oxygen atoms in total. The van der Waals surface area contributed by atoms with E-state index < -0.39 is 59.1 Å². The largest absolute Gasteiger partial charge is 0.493 e. The molecule has 4 aliphatic rings. The van der Waals surface area contributed by atoms with Gasteiger partial charge in [-0.05, 0) is 63.6 Å². The van der Waals surface area contributed by atoms with Crippen LogP contribution in [0.2, 0.25) is 0 Å². The highest BCUT2D eigenvalue weighted by Crippen LogP contribution is 2.65. The van der Waals surface area contributed by atoms with Crippen LogP contribution in [-0.4, -0.2) is 84.4 Å². The average molecular weight is 634 g/mol. The highest BCUT2D eigenvalue weighted by Gasteiger charge is 2.72. The molecule has 2 amide bonds. The second kappa shape index (κ2) is 11.7. The predicted molar refractivity (Wildman–Crippen MR) is 164 cm³/mol. The van der Waals surface area contributed by atoms with E-state index in [0.717, 1.165) is 17.7 Å². The van der Waals surface area contributed by atoms with Gasteiger partial charge < -0.3 is 39.6 Å². The van der Waals surface area contributed by atoms with Crippen LogP contribution in [-0.2, 0) is 40.5 Å². The van der Waals surface area contributed by atoms with Crippen LogP contribution in [0.5, 0.6) is 11.5 Å². The first-order valence-corrected chi connectivity index (χ1v) is 15.5. The van der Waals surface area contributed by atoms with Crippen LogP contribution >= 0.6 is 0 Å². The Morgan fingerprint density at radius 1 is 1.07 bits per heavy atom. The minimum Gasteiger partial charge on any atom is -0.493 e. The molecule has 1 spiro atoms. The van der Waals surface area contributed by atoms with Crippen molar-refractivity contribution >= 4 is 23.8 Å². The number of carbonyl (C=O) groups is 4. The number of ether oxygens (including phenoxy) is 4. The zero-order chi connectivity index (χ0) is 33.0. The zero-order valence-corrected chi connectivity index (χ0v) is 26.5. The minimum atomic E-state index is -1.32. The van der Waals surface area contributed by atoms with Crippen molar-refractivity contribution in [2.24, 2.45) is 0 Å². The first-order valence-electron chi connectivity index (χ1n) is 15.5. The summed E-state index contributed by atoms with van der Waals surface area (Å²) in [5.41, 5.74) is 0.496. The summed E-state index contributed by atoms with van der Waals surface area (Å²) in [6.45, 7) is 4.81. The summed E-state index contributed by atoms with van der Waals surface area (Å²) in [4.78, 5) is 53.2. The van der Waals surface area contributed by atoms with Crippen LogP contribution in [0.15, 0.2) is 54.3 Å². The van der Waals surface area contributed by atoms with E-state index >= 15 is 0 Å². The number of methoxy groups -OCH3 is 1. The number of aliphatic hydroxyl groups is 1. The smallest absolute Gasteiger partial charge is 0.352 e. The number of benzene rings is 2. The molecular formula is C34H39N3O9. The molecule has 2 heterocycles. The van der Waals surface area contributed by atoms with Gasteiger partial charge in [0.05, 0.1) is 18.1 Å². The van der Waals surface area contributed by atoms with Crippen molar-refractivity contribution in [1.82, 2.24) is 15.5 Å². The van der Waals surface area contributed by atoms with E-state index in [9.17, 15) is 24.3 Å². The maximum Gasteiger partial charge on any atom is 0.352 e. The van der Waals surface area contributed by atoms with Crippen molar-refractivity contribution in [3.8, 4) is 11.5 Å². The number of esters is 2. The second-order valence-electron chi connectivity index (χ2n) is 12.6. The molecule has 244 valence electrons. The van der Waals surface area contributed by atoms with Gasteiger partial charge in [-0.1, -0.05) is 36.4 Å². The Hall–Kier alpha value is -4.42. The molecule has 0 saturated carbocycles. The van der Waals surface area contributed by atoms with Crippen LogP contribution in [0.3, 0.4) is 0 Å². The lowest BCUT2D eigenvalue weighted by atomic mass is 9.50. The second-order valence-corrected chi connectivity index (χ2v) is 12.6. The molecule has 12 heteroatoms. The number of likely N-dealkylation sites (tertiary alicyclic amines) is 1. The molecule has 7 atom stereocenters. The maximum absolute atomic E-state index is 13.3. The Bertz CT molecular complexity index is 1610. The average Bonchev–Trinajstić information content (AvgIpc) is 3.39. The highest BCUT2D eigenvalue weighted by atomic mass is 16.6. The molecular weight excluding hydrogens is 594 g/mol. The molecule has 2 aliphatic carbocycles. The van der Waals surface area contributed by atoms with Crippen LogP contribution < -0.4 is 20.1 Å². The van der Waals surface area contributed by atoms with Gasteiger partial charge >= 0.3 is 11.9 Å². The lowest BCUT2D eigenvalue weighted by Crippen LogP contribution is -2.74. The summed E-state index contributed by atoms with van der Waals surface area (Å²) in [6.07, 6.45) is 1.05. The summed E-state index contributed by atoms with van der Waals surface area (Å²) in [5, 5.41) is 17.5. The Morgan fingerprint density at radius 2 is 1.80 bits per heavy atom. The third kappa shape index (κ3) is 4.91. The third-order valence-electron chi connectivity index (χ3n) is 9.86. The number of likely N-dealkylation sites (N-methyl/N-ethyl adjacent to an activating group) is 1. The van der Waals surface area contributed by atoms with Crippen LogP contribution in [0, 0.1) is 0 Å². The molecule has 2 aromatic rings. The highest BCUT2D eigenvalue weighted by molar-refractivity contribution is 5.91. The molecule has 0 radical (unpaired) electrons. The number of nitrogens with zero attached hydrogens (tertiary/aromatic N) is 1. The molecule has 0 aromatic heterocycles. The molecule has 46 heavy (non-hydrogen) atoms. The number of piperidine rings is 1. The van der Waals surface area contributed by atoms with Crippen molar-refractivity contribution < 1.29 is 43.2 Å². The van der Waals surface area contributed by atoms with E-state index in [2.05, 4.69) is 15.5 Å². The molecule has 2 aliphatic heterocycles. The van der Waals surface area contributed by atoms with Crippen molar-refractivity contribution in [1.29, 1.82) is 0 Å². The van der Waals surface area contributed by atoms with Crippen LogP contribution in [0.4, 0.5) is 0 Å². The quantitative estimate of drug-likeness (QED) is 0.349. The Kier molecular flexibility index (Phi) is 8.06. The molecule has 2 aromatic carbocycles. The Morgan fingerprint density at radius 3 is 2.50 bits per heavy atom.